The Morgan fingerprint density at radius 3 is 1.12 bits per heavy atom. The summed E-state index contributed by atoms with van der Waals surface area (Å²) in [6.45, 7) is 8.65. The van der Waals surface area contributed by atoms with Crippen LogP contribution in [0.4, 0.5) is 34.1 Å². The summed E-state index contributed by atoms with van der Waals surface area (Å²) in [5.74, 6) is 0. The number of furan rings is 2. The van der Waals surface area contributed by atoms with Gasteiger partial charge in [-0.1, -0.05) is 83.9 Å². The van der Waals surface area contributed by atoms with E-state index in [0.29, 0.717) is 0 Å². The monoisotopic (exact) mass is 748 g/mol. The van der Waals surface area contributed by atoms with Crippen LogP contribution >= 0.6 is 0 Å². The largest absolute Gasteiger partial charge is 0.456 e. The lowest BCUT2D eigenvalue weighted by Crippen LogP contribution is -2.11. The second-order valence-electron chi connectivity index (χ2n) is 15.7. The molecule has 2 heterocycles. The van der Waals surface area contributed by atoms with Gasteiger partial charge in [0.05, 0.1) is 0 Å². The van der Waals surface area contributed by atoms with Crippen LogP contribution in [0.15, 0.2) is 179 Å². The zero-order valence-electron chi connectivity index (χ0n) is 32.9. The highest BCUT2D eigenvalue weighted by Crippen LogP contribution is 2.43. The molecule has 0 N–H and O–H groups in total. The smallest absolute Gasteiger partial charge is 0.136 e. The molecule has 0 amide bonds. The number of hydrogen-bond acceptors (Lipinski definition) is 4. The fourth-order valence-electron chi connectivity index (χ4n) is 8.90. The zero-order valence-corrected chi connectivity index (χ0v) is 32.9. The third kappa shape index (κ3) is 5.60. The molecule has 278 valence electrons. The molecule has 0 spiro atoms. The van der Waals surface area contributed by atoms with Crippen LogP contribution in [0.2, 0.25) is 0 Å². The quantitative estimate of drug-likeness (QED) is 0.170. The maximum absolute atomic E-state index is 6.66. The van der Waals surface area contributed by atoms with Crippen LogP contribution in [-0.4, -0.2) is 0 Å². The van der Waals surface area contributed by atoms with Crippen molar-refractivity contribution >= 4 is 99.5 Å². The lowest BCUT2D eigenvalue weighted by Gasteiger charge is -2.27. The highest BCUT2D eigenvalue weighted by atomic mass is 16.3. The van der Waals surface area contributed by atoms with Crippen LogP contribution in [0, 0.1) is 27.7 Å². The van der Waals surface area contributed by atoms with Gasteiger partial charge in [0.15, 0.2) is 0 Å². The number of hydrogen-bond donors (Lipinski definition) is 0. The first-order valence-electron chi connectivity index (χ1n) is 19.9. The molecule has 2 aromatic heterocycles. The molecule has 0 saturated carbocycles. The predicted molar refractivity (Wildman–Crippen MR) is 244 cm³/mol. The molecule has 0 atom stereocenters. The van der Waals surface area contributed by atoms with Crippen molar-refractivity contribution in [2.24, 2.45) is 0 Å². The topological polar surface area (TPSA) is 32.8 Å². The Bertz CT molecular complexity index is 3170. The van der Waals surface area contributed by atoms with Gasteiger partial charge in [-0.3, -0.25) is 0 Å². The van der Waals surface area contributed by atoms with Crippen LogP contribution in [0.1, 0.15) is 22.3 Å². The van der Waals surface area contributed by atoms with E-state index in [9.17, 15) is 0 Å². The average Bonchev–Trinajstić information content (AvgIpc) is 3.76. The van der Waals surface area contributed by atoms with E-state index in [2.05, 4.69) is 207 Å². The van der Waals surface area contributed by atoms with Crippen molar-refractivity contribution in [3.63, 3.8) is 0 Å². The molecule has 4 nitrogen and oxygen atoms in total. The van der Waals surface area contributed by atoms with Gasteiger partial charge in [0.1, 0.15) is 22.3 Å². The molecule has 0 aliphatic carbocycles. The Morgan fingerprint density at radius 2 is 0.707 bits per heavy atom. The van der Waals surface area contributed by atoms with Crippen LogP contribution in [0.5, 0.6) is 0 Å². The molecule has 0 aliphatic rings. The van der Waals surface area contributed by atoms with Gasteiger partial charge in [-0.15, -0.1) is 0 Å². The van der Waals surface area contributed by atoms with Crippen LogP contribution in [-0.2, 0) is 0 Å². The van der Waals surface area contributed by atoms with E-state index in [0.717, 1.165) is 99.5 Å². The van der Waals surface area contributed by atoms with Gasteiger partial charge in [0.25, 0.3) is 0 Å². The Labute approximate surface area is 336 Å². The van der Waals surface area contributed by atoms with Gasteiger partial charge in [0.2, 0.25) is 0 Å². The van der Waals surface area contributed by atoms with Gasteiger partial charge in [-0.25, -0.2) is 0 Å². The van der Waals surface area contributed by atoms with E-state index in [1.807, 2.05) is 0 Å². The van der Waals surface area contributed by atoms with Gasteiger partial charge in [-0.2, -0.15) is 0 Å². The van der Waals surface area contributed by atoms with E-state index < -0.39 is 0 Å². The summed E-state index contributed by atoms with van der Waals surface area (Å²) in [6.07, 6.45) is 0. The van der Waals surface area contributed by atoms with E-state index in [4.69, 9.17) is 8.83 Å². The SMILES string of the molecule is Cc1ccc(N(c2ccccc2)c2ccc3cc4c(cc3c2)oc2cc3c(cc24)oc2cc4cc(N(c5ccccc5)c5ccc(C)cc5C)ccc4cc23)c(C)c1. The Kier molecular flexibility index (Phi) is 7.70. The maximum Gasteiger partial charge on any atom is 0.136 e. The number of fused-ring (bicyclic) bond motifs is 8. The molecule has 11 aromatic rings. The van der Waals surface area contributed by atoms with Crippen molar-refractivity contribution in [3.8, 4) is 0 Å². The Hall–Kier alpha value is -7.30. The minimum absolute atomic E-state index is 0.851. The number of rotatable bonds is 6. The van der Waals surface area contributed by atoms with E-state index >= 15 is 0 Å². The highest BCUT2D eigenvalue weighted by molar-refractivity contribution is 6.18. The van der Waals surface area contributed by atoms with Crippen LogP contribution < -0.4 is 9.80 Å². The summed E-state index contributed by atoms with van der Waals surface area (Å²) in [5, 5.41) is 8.81. The van der Waals surface area contributed by atoms with Crippen molar-refractivity contribution in [1.29, 1.82) is 0 Å². The number of anilines is 6. The van der Waals surface area contributed by atoms with Crippen molar-refractivity contribution < 1.29 is 8.83 Å². The minimum atomic E-state index is 0.851. The zero-order chi connectivity index (χ0) is 39.1. The molecule has 0 radical (unpaired) electrons. The summed E-state index contributed by atoms with van der Waals surface area (Å²) in [7, 11) is 0. The molecule has 0 bridgehead atoms. The maximum atomic E-state index is 6.66. The second kappa shape index (κ2) is 13.1. The third-order valence-corrected chi connectivity index (χ3v) is 11.7. The normalized spacial score (nSPS) is 11.8. The molecule has 0 aliphatic heterocycles. The number of benzene rings is 9. The summed E-state index contributed by atoms with van der Waals surface area (Å²) in [4.78, 5) is 4.68. The predicted octanol–water partition coefficient (Wildman–Crippen LogP) is 16.0. The summed E-state index contributed by atoms with van der Waals surface area (Å²) in [5.41, 5.74) is 15.1. The van der Waals surface area contributed by atoms with Gasteiger partial charge < -0.3 is 18.6 Å². The Balaban J connectivity index is 1.01. The van der Waals surface area contributed by atoms with Crippen molar-refractivity contribution in [3.05, 3.63) is 192 Å². The van der Waals surface area contributed by atoms with Gasteiger partial charge in [0, 0.05) is 55.7 Å². The lowest BCUT2D eigenvalue weighted by atomic mass is 10.0. The molecular formula is C54H40N2O2. The second-order valence-corrected chi connectivity index (χ2v) is 15.7. The molecule has 4 heteroatoms. The first-order chi connectivity index (χ1) is 28.3. The van der Waals surface area contributed by atoms with Gasteiger partial charge in [-0.05, 0) is 157 Å². The molecule has 0 saturated heterocycles. The number of aryl methyl sites for hydroxylation is 4. The standard InChI is InChI=1S/C54H40N2O2/c1-33-15-21-49(35(3)23-33)55(41-11-7-5-8-12-41)43-19-17-37-27-45-47-31-54-48(32-53(47)57-51(45)29-39(37)25-43)46-28-38-18-20-44(26-40(38)30-52(46)58-54)56(42-13-9-6-10-14-42)50-22-16-34(2)24-36(50)4/h5-32H,1-4H3. The molecule has 0 fully saturated rings. The minimum Gasteiger partial charge on any atom is -0.456 e. The molecule has 58 heavy (non-hydrogen) atoms. The third-order valence-electron chi connectivity index (χ3n) is 11.7. The van der Waals surface area contributed by atoms with Crippen molar-refractivity contribution in [2.75, 3.05) is 9.80 Å². The number of para-hydroxylation sites is 2. The molecule has 11 rings (SSSR count). The van der Waals surface area contributed by atoms with Crippen molar-refractivity contribution in [2.45, 2.75) is 27.7 Å². The first-order valence-corrected chi connectivity index (χ1v) is 19.9. The fraction of sp³-hybridized carbons (Fsp3) is 0.0741. The lowest BCUT2D eigenvalue weighted by molar-refractivity contribution is 0.664. The summed E-state index contributed by atoms with van der Waals surface area (Å²) < 4.78 is 13.3. The van der Waals surface area contributed by atoms with E-state index in [1.165, 1.54) is 22.3 Å². The van der Waals surface area contributed by atoms with Crippen LogP contribution in [0.3, 0.4) is 0 Å². The molecule has 0 unspecified atom stereocenters. The summed E-state index contributed by atoms with van der Waals surface area (Å²) >= 11 is 0. The Morgan fingerprint density at radius 1 is 0.310 bits per heavy atom. The fourth-order valence-corrected chi connectivity index (χ4v) is 8.90. The van der Waals surface area contributed by atoms with Crippen LogP contribution in [0.25, 0.3) is 65.4 Å². The van der Waals surface area contributed by atoms with Crippen molar-refractivity contribution in [1.82, 2.24) is 0 Å². The van der Waals surface area contributed by atoms with E-state index in [-0.39, 0.29) is 0 Å². The highest BCUT2D eigenvalue weighted by Gasteiger charge is 2.19. The first kappa shape index (κ1) is 34.0. The average molecular weight is 749 g/mol. The van der Waals surface area contributed by atoms with E-state index in [1.54, 1.807) is 0 Å². The van der Waals surface area contributed by atoms with Gasteiger partial charge >= 0.3 is 0 Å². The summed E-state index contributed by atoms with van der Waals surface area (Å²) in [6, 6.07) is 61.1. The molecular weight excluding hydrogens is 709 g/mol. The number of nitrogens with zero attached hydrogens (tertiary/aromatic N) is 2. The molecule has 9 aromatic carbocycles.